The molecule has 2 rings (SSSR count). The highest BCUT2D eigenvalue weighted by Crippen LogP contribution is 2.40. The van der Waals surface area contributed by atoms with Gasteiger partial charge in [0, 0.05) is 5.92 Å². The molecule has 0 aliphatic heterocycles. The SMILES string of the molecule is CC(=O)[C@H]1C[C@@H]1C(=O)OCc1ccccc1. The second-order valence-corrected chi connectivity index (χ2v) is 4.15. The molecule has 0 aromatic heterocycles. The zero-order valence-electron chi connectivity index (χ0n) is 9.18. The number of carbonyl (C=O) groups excluding carboxylic acids is 2. The second kappa shape index (κ2) is 4.47. The quantitative estimate of drug-likeness (QED) is 0.725. The van der Waals surface area contributed by atoms with Crippen molar-refractivity contribution in [3.05, 3.63) is 35.9 Å². The number of benzene rings is 1. The molecule has 1 aliphatic carbocycles. The minimum atomic E-state index is -0.246. The largest absolute Gasteiger partial charge is 0.461 e. The van der Waals surface area contributed by atoms with Gasteiger partial charge in [-0.2, -0.15) is 0 Å². The van der Waals surface area contributed by atoms with E-state index in [2.05, 4.69) is 0 Å². The van der Waals surface area contributed by atoms with Crippen LogP contribution in [0.4, 0.5) is 0 Å². The number of ketones is 1. The van der Waals surface area contributed by atoms with Crippen molar-refractivity contribution < 1.29 is 14.3 Å². The molecule has 0 saturated heterocycles. The van der Waals surface area contributed by atoms with Crippen molar-refractivity contribution in [2.75, 3.05) is 0 Å². The Bertz CT molecular complexity index is 397. The summed E-state index contributed by atoms with van der Waals surface area (Å²) in [5.74, 6) is -0.449. The zero-order valence-corrected chi connectivity index (χ0v) is 9.18. The number of hydrogen-bond donors (Lipinski definition) is 0. The highest BCUT2D eigenvalue weighted by molar-refractivity contribution is 5.89. The molecule has 0 N–H and O–H groups in total. The van der Waals surface area contributed by atoms with Gasteiger partial charge in [0.2, 0.25) is 0 Å². The Balaban J connectivity index is 1.80. The van der Waals surface area contributed by atoms with Gasteiger partial charge in [-0.1, -0.05) is 30.3 Å². The summed E-state index contributed by atoms with van der Waals surface area (Å²) in [6.45, 7) is 1.82. The normalized spacial score (nSPS) is 22.6. The highest BCUT2D eigenvalue weighted by Gasteiger charge is 2.47. The van der Waals surface area contributed by atoms with Crippen LogP contribution >= 0.6 is 0 Å². The fourth-order valence-electron chi connectivity index (χ4n) is 1.74. The van der Waals surface area contributed by atoms with Crippen LogP contribution in [0.25, 0.3) is 0 Å². The lowest BCUT2D eigenvalue weighted by atomic mass is 10.2. The van der Waals surface area contributed by atoms with Gasteiger partial charge in [-0.15, -0.1) is 0 Å². The van der Waals surface area contributed by atoms with E-state index in [0.29, 0.717) is 13.0 Å². The molecule has 1 aromatic carbocycles. The van der Waals surface area contributed by atoms with Gasteiger partial charge in [0.15, 0.2) is 0 Å². The molecule has 3 nitrogen and oxygen atoms in total. The maximum atomic E-state index is 11.5. The molecule has 1 saturated carbocycles. The Hall–Kier alpha value is -1.64. The number of Topliss-reactive ketones (excluding diaryl/α,β-unsaturated/α-hetero) is 1. The van der Waals surface area contributed by atoms with Crippen LogP contribution in [-0.4, -0.2) is 11.8 Å². The second-order valence-electron chi connectivity index (χ2n) is 4.15. The van der Waals surface area contributed by atoms with Crippen LogP contribution < -0.4 is 0 Å². The average molecular weight is 218 g/mol. The standard InChI is InChI=1S/C13H14O3/c1-9(14)11-7-12(11)13(15)16-8-10-5-3-2-4-6-10/h2-6,11-12H,7-8H2,1H3/t11-,12+/m1/s1. The minimum absolute atomic E-state index is 0.0849. The third-order valence-electron chi connectivity index (χ3n) is 2.84. The molecule has 3 heteroatoms. The molecule has 84 valence electrons. The number of carbonyl (C=O) groups is 2. The van der Waals surface area contributed by atoms with E-state index in [1.807, 2.05) is 30.3 Å². The summed E-state index contributed by atoms with van der Waals surface area (Å²) in [5.41, 5.74) is 0.968. The van der Waals surface area contributed by atoms with Crippen molar-refractivity contribution in [2.24, 2.45) is 11.8 Å². The Kier molecular flexibility index (Phi) is 3.04. The fourth-order valence-corrected chi connectivity index (χ4v) is 1.74. The predicted octanol–water partition coefficient (Wildman–Crippen LogP) is 1.95. The average Bonchev–Trinajstić information content (AvgIpc) is 3.07. The summed E-state index contributed by atoms with van der Waals surface area (Å²) in [4.78, 5) is 22.5. The van der Waals surface area contributed by atoms with Crippen LogP contribution in [0.1, 0.15) is 18.9 Å². The minimum Gasteiger partial charge on any atom is -0.461 e. The maximum absolute atomic E-state index is 11.5. The van der Waals surface area contributed by atoms with Crippen LogP contribution in [-0.2, 0) is 20.9 Å². The molecule has 0 unspecified atom stereocenters. The molecule has 2 atom stereocenters. The van der Waals surface area contributed by atoms with Crippen molar-refractivity contribution in [1.29, 1.82) is 0 Å². The molecule has 1 aromatic rings. The lowest BCUT2D eigenvalue weighted by Gasteiger charge is -2.03. The van der Waals surface area contributed by atoms with Gasteiger partial charge in [0.05, 0.1) is 5.92 Å². The topological polar surface area (TPSA) is 43.4 Å². The predicted molar refractivity (Wildman–Crippen MR) is 58.5 cm³/mol. The van der Waals surface area contributed by atoms with Crippen molar-refractivity contribution in [3.63, 3.8) is 0 Å². The number of esters is 1. The van der Waals surface area contributed by atoms with Gasteiger partial charge >= 0.3 is 5.97 Å². The summed E-state index contributed by atoms with van der Waals surface area (Å²) in [7, 11) is 0. The molecular formula is C13H14O3. The van der Waals surface area contributed by atoms with Gasteiger partial charge in [0.1, 0.15) is 12.4 Å². The Morgan fingerprint density at radius 2 is 1.94 bits per heavy atom. The summed E-state index contributed by atoms with van der Waals surface area (Å²) in [6.07, 6.45) is 0.656. The van der Waals surface area contributed by atoms with Crippen molar-refractivity contribution in [3.8, 4) is 0 Å². The first-order chi connectivity index (χ1) is 7.68. The van der Waals surface area contributed by atoms with Crippen LogP contribution in [0.5, 0.6) is 0 Å². The van der Waals surface area contributed by atoms with Gasteiger partial charge in [-0.05, 0) is 18.9 Å². The van der Waals surface area contributed by atoms with E-state index in [0.717, 1.165) is 5.56 Å². The zero-order chi connectivity index (χ0) is 11.5. The van der Waals surface area contributed by atoms with Crippen molar-refractivity contribution in [2.45, 2.75) is 20.0 Å². The molecule has 0 bridgehead atoms. The third kappa shape index (κ3) is 2.48. The van der Waals surface area contributed by atoms with Crippen LogP contribution in [0, 0.1) is 11.8 Å². The van der Waals surface area contributed by atoms with Gasteiger partial charge in [-0.3, -0.25) is 9.59 Å². The van der Waals surface area contributed by atoms with E-state index in [9.17, 15) is 9.59 Å². The Morgan fingerprint density at radius 3 is 2.50 bits per heavy atom. The van der Waals surface area contributed by atoms with Crippen LogP contribution in [0.3, 0.4) is 0 Å². The molecule has 0 amide bonds. The Labute approximate surface area is 94.4 Å². The third-order valence-corrected chi connectivity index (χ3v) is 2.84. The van der Waals surface area contributed by atoms with E-state index in [1.165, 1.54) is 6.92 Å². The summed E-state index contributed by atoms with van der Waals surface area (Å²) in [5, 5.41) is 0. The van der Waals surface area contributed by atoms with Crippen LogP contribution in [0.2, 0.25) is 0 Å². The van der Waals surface area contributed by atoms with E-state index < -0.39 is 0 Å². The molecule has 16 heavy (non-hydrogen) atoms. The highest BCUT2D eigenvalue weighted by atomic mass is 16.5. The monoisotopic (exact) mass is 218 g/mol. The van der Waals surface area contributed by atoms with Gasteiger partial charge in [-0.25, -0.2) is 0 Å². The number of ether oxygens (including phenoxy) is 1. The first-order valence-corrected chi connectivity index (χ1v) is 5.39. The molecule has 0 heterocycles. The lowest BCUT2D eigenvalue weighted by molar-refractivity contribution is -0.147. The van der Waals surface area contributed by atoms with E-state index in [-0.39, 0.29) is 23.6 Å². The first kappa shape index (κ1) is 10.9. The smallest absolute Gasteiger partial charge is 0.310 e. The molecule has 1 fully saturated rings. The van der Waals surface area contributed by atoms with Gasteiger partial charge in [0.25, 0.3) is 0 Å². The van der Waals surface area contributed by atoms with Crippen molar-refractivity contribution >= 4 is 11.8 Å². The van der Waals surface area contributed by atoms with E-state index >= 15 is 0 Å². The number of hydrogen-bond acceptors (Lipinski definition) is 3. The maximum Gasteiger partial charge on any atom is 0.310 e. The molecule has 0 spiro atoms. The van der Waals surface area contributed by atoms with Gasteiger partial charge < -0.3 is 4.74 Å². The molecule has 0 radical (unpaired) electrons. The first-order valence-electron chi connectivity index (χ1n) is 5.39. The summed E-state index contributed by atoms with van der Waals surface area (Å²) < 4.78 is 5.14. The summed E-state index contributed by atoms with van der Waals surface area (Å²) in [6, 6.07) is 9.53. The molecule has 1 aliphatic rings. The van der Waals surface area contributed by atoms with Crippen LogP contribution in [0.15, 0.2) is 30.3 Å². The van der Waals surface area contributed by atoms with E-state index in [1.54, 1.807) is 0 Å². The lowest BCUT2D eigenvalue weighted by Crippen LogP contribution is -2.10. The van der Waals surface area contributed by atoms with Crippen molar-refractivity contribution in [1.82, 2.24) is 0 Å². The van der Waals surface area contributed by atoms with E-state index in [4.69, 9.17) is 4.74 Å². The number of rotatable bonds is 4. The Morgan fingerprint density at radius 1 is 1.25 bits per heavy atom. The molecular weight excluding hydrogens is 204 g/mol. The fraction of sp³-hybridized carbons (Fsp3) is 0.385. The summed E-state index contributed by atoms with van der Waals surface area (Å²) >= 11 is 0.